The van der Waals surface area contributed by atoms with E-state index < -0.39 is 0 Å². The summed E-state index contributed by atoms with van der Waals surface area (Å²) in [6.45, 7) is 2.28. The van der Waals surface area contributed by atoms with E-state index in [9.17, 15) is 0 Å². The normalized spacial score (nSPS) is 10.9. The van der Waals surface area contributed by atoms with E-state index >= 15 is 0 Å². The number of pyridine rings is 1. The second kappa shape index (κ2) is 9.75. The van der Waals surface area contributed by atoms with Crippen molar-refractivity contribution in [3.63, 3.8) is 0 Å². The van der Waals surface area contributed by atoms with Gasteiger partial charge in [0.2, 0.25) is 0 Å². The first kappa shape index (κ1) is 18.2. The number of aromatic nitrogens is 1. The SMILES string of the molecule is CCCCCCCCc1cc(-c2ccccc2)c(-c2ccccn2)[se]1. The number of aryl methyl sites for hydroxylation is 1. The zero-order chi connectivity index (χ0) is 17.3. The fraction of sp³-hybridized carbons (Fsp3) is 0.348. The summed E-state index contributed by atoms with van der Waals surface area (Å²) in [6.07, 6.45) is 11.4. The van der Waals surface area contributed by atoms with E-state index in [0.29, 0.717) is 14.5 Å². The van der Waals surface area contributed by atoms with Crippen molar-refractivity contribution in [1.29, 1.82) is 0 Å². The van der Waals surface area contributed by atoms with Gasteiger partial charge in [-0.05, 0) is 0 Å². The van der Waals surface area contributed by atoms with Crippen LogP contribution >= 0.6 is 0 Å². The van der Waals surface area contributed by atoms with E-state index in [0.717, 1.165) is 5.69 Å². The van der Waals surface area contributed by atoms with Crippen LogP contribution in [0.15, 0.2) is 60.8 Å². The summed E-state index contributed by atoms with van der Waals surface area (Å²) in [6, 6.07) is 19.5. The van der Waals surface area contributed by atoms with E-state index in [1.165, 1.54) is 60.5 Å². The average Bonchev–Trinajstić information content (AvgIpc) is 3.10. The predicted octanol–water partition coefficient (Wildman–Crippen LogP) is 6.38. The molecule has 0 amide bonds. The van der Waals surface area contributed by atoms with Crippen LogP contribution in [0.25, 0.3) is 21.3 Å². The predicted molar refractivity (Wildman–Crippen MR) is 109 cm³/mol. The molecule has 3 aromatic rings. The molecule has 0 saturated heterocycles. The molecule has 1 nitrogen and oxygen atoms in total. The molecule has 25 heavy (non-hydrogen) atoms. The van der Waals surface area contributed by atoms with Gasteiger partial charge in [0.05, 0.1) is 0 Å². The Morgan fingerprint density at radius 3 is 2.36 bits per heavy atom. The molecule has 0 atom stereocenters. The second-order valence-corrected chi connectivity index (χ2v) is 8.94. The Kier molecular flexibility index (Phi) is 7.09. The van der Waals surface area contributed by atoms with Crippen molar-refractivity contribution in [2.45, 2.75) is 51.9 Å². The minimum atomic E-state index is 0.406. The molecule has 0 spiro atoms. The fourth-order valence-electron chi connectivity index (χ4n) is 3.16. The Hall–Kier alpha value is -1.63. The van der Waals surface area contributed by atoms with Gasteiger partial charge in [-0.25, -0.2) is 0 Å². The average molecular weight is 396 g/mol. The first-order valence-corrected chi connectivity index (χ1v) is 11.2. The van der Waals surface area contributed by atoms with Crippen LogP contribution in [0.5, 0.6) is 0 Å². The van der Waals surface area contributed by atoms with Crippen LogP contribution < -0.4 is 0 Å². The maximum atomic E-state index is 4.63. The van der Waals surface area contributed by atoms with Crippen LogP contribution in [-0.2, 0) is 6.42 Å². The molecule has 130 valence electrons. The zero-order valence-corrected chi connectivity index (χ0v) is 16.8. The first-order valence-electron chi connectivity index (χ1n) is 9.48. The number of nitrogens with zero attached hydrogens (tertiary/aromatic N) is 1. The Morgan fingerprint density at radius 2 is 1.60 bits per heavy atom. The topological polar surface area (TPSA) is 12.9 Å². The Morgan fingerprint density at radius 1 is 0.840 bits per heavy atom. The summed E-state index contributed by atoms with van der Waals surface area (Å²) in [4.78, 5) is 4.63. The van der Waals surface area contributed by atoms with Gasteiger partial charge in [0.15, 0.2) is 0 Å². The molecule has 0 saturated carbocycles. The van der Waals surface area contributed by atoms with Crippen LogP contribution in [-0.4, -0.2) is 19.5 Å². The fourth-order valence-corrected chi connectivity index (χ4v) is 5.68. The summed E-state index contributed by atoms with van der Waals surface area (Å²) in [5.74, 6) is 0. The molecule has 0 aliphatic carbocycles. The van der Waals surface area contributed by atoms with Crippen LogP contribution in [0.3, 0.4) is 0 Å². The van der Waals surface area contributed by atoms with Gasteiger partial charge >= 0.3 is 158 Å². The molecule has 0 bridgehead atoms. The number of hydrogen-bond acceptors (Lipinski definition) is 1. The Bertz CT molecular complexity index is 689. The summed E-state index contributed by atoms with van der Waals surface area (Å²) >= 11 is 0.406. The Labute approximate surface area is 157 Å². The molecule has 3 rings (SSSR count). The van der Waals surface area contributed by atoms with Gasteiger partial charge in [0, 0.05) is 0 Å². The molecule has 0 aliphatic rings. The van der Waals surface area contributed by atoms with Crippen molar-refractivity contribution in [3.8, 4) is 21.3 Å². The number of unbranched alkanes of at least 4 members (excludes halogenated alkanes) is 5. The van der Waals surface area contributed by atoms with Crippen LogP contribution in [0.1, 0.15) is 49.9 Å². The van der Waals surface area contributed by atoms with Crippen LogP contribution in [0, 0.1) is 0 Å². The van der Waals surface area contributed by atoms with Gasteiger partial charge in [-0.15, -0.1) is 0 Å². The standard InChI is InChI=1S/C23H27NSe/c1-2-3-4-5-6-10-15-20-18-21(19-13-8-7-9-14-19)23(25-20)22-16-11-12-17-24-22/h7-9,11-14,16-18H,2-6,10,15H2,1H3. The van der Waals surface area contributed by atoms with Gasteiger partial charge in [0.25, 0.3) is 0 Å². The van der Waals surface area contributed by atoms with Gasteiger partial charge in [-0.2, -0.15) is 0 Å². The quantitative estimate of drug-likeness (QED) is 0.302. The summed E-state index contributed by atoms with van der Waals surface area (Å²) in [5.41, 5.74) is 3.86. The van der Waals surface area contributed by atoms with Crippen molar-refractivity contribution in [3.05, 3.63) is 65.2 Å². The molecule has 2 heteroatoms. The van der Waals surface area contributed by atoms with Gasteiger partial charge in [0.1, 0.15) is 0 Å². The number of hydrogen-bond donors (Lipinski definition) is 0. The van der Waals surface area contributed by atoms with Crippen LogP contribution in [0.2, 0.25) is 0 Å². The number of benzene rings is 1. The molecule has 0 aliphatic heterocycles. The molecule has 2 heterocycles. The van der Waals surface area contributed by atoms with Crippen molar-refractivity contribution in [2.75, 3.05) is 0 Å². The molecule has 0 unspecified atom stereocenters. The third-order valence-electron chi connectivity index (χ3n) is 4.54. The third-order valence-corrected chi connectivity index (χ3v) is 7.10. The summed E-state index contributed by atoms with van der Waals surface area (Å²) in [5, 5.41) is 0. The summed E-state index contributed by atoms with van der Waals surface area (Å²) < 4.78 is 3.07. The number of rotatable bonds is 9. The van der Waals surface area contributed by atoms with Crippen molar-refractivity contribution in [1.82, 2.24) is 4.98 Å². The molecule has 2 aromatic heterocycles. The molecule has 0 fully saturated rings. The van der Waals surface area contributed by atoms with E-state index in [-0.39, 0.29) is 0 Å². The molecular formula is C23H27NSe. The van der Waals surface area contributed by atoms with E-state index in [1.807, 2.05) is 12.3 Å². The van der Waals surface area contributed by atoms with E-state index in [2.05, 4.69) is 60.4 Å². The van der Waals surface area contributed by atoms with Crippen molar-refractivity contribution < 1.29 is 0 Å². The molecule has 0 radical (unpaired) electrons. The van der Waals surface area contributed by atoms with Crippen LogP contribution in [0.4, 0.5) is 0 Å². The van der Waals surface area contributed by atoms with E-state index in [1.54, 1.807) is 4.44 Å². The minimum absolute atomic E-state index is 0.406. The molecule has 1 aromatic carbocycles. The zero-order valence-electron chi connectivity index (χ0n) is 15.1. The monoisotopic (exact) mass is 397 g/mol. The van der Waals surface area contributed by atoms with Gasteiger partial charge in [-0.3, -0.25) is 0 Å². The van der Waals surface area contributed by atoms with Crippen molar-refractivity contribution >= 4 is 14.5 Å². The molecule has 0 N–H and O–H groups in total. The van der Waals surface area contributed by atoms with Gasteiger partial charge in [-0.1, -0.05) is 0 Å². The van der Waals surface area contributed by atoms with E-state index in [4.69, 9.17) is 0 Å². The van der Waals surface area contributed by atoms with Gasteiger partial charge < -0.3 is 0 Å². The van der Waals surface area contributed by atoms with Crippen molar-refractivity contribution in [2.24, 2.45) is 0 Å². The summed E-state index contributed by atoms with van der Waals surface area (Å²) in [7, 11) is 0. The molecular weight excluding hydrogens is 369 g/mol. The third kappa shape index (κ3) is 5.17. The first-order chi connectivity index (χ1) is 12.4. The second-order valence-electron chi connectivity index (χ2n) is 6.55. The Balaban J connectivity index is 1.76. The maximum absolute atomic E-state index is 4.63.